The zero-order chi connectivity index (χ0) is 36.4. The van der Waals surface area contributed by atoms with Crippen LogP contribution in [-0.4, -0.2) is 0 Å². The van der Waals surface area contributed by atoms with Crippen LogP contribution >= 0.6 is 92.2 Å². The van der Waals surface area contributed by atoms with Gasteiger partial charge in [0.15, 0.2) is 20.4 Å². The fourth-order valence-corrected chi connectivity index (χ4v) is 14.1. The van der Waals surface area contributed by atoms with Crippen LogP contribution < -0.4 is 0 Å². The van der Waals surface area contributed by atoms with Crippen molar-refractivity contribution >= 4 is 92.2 Å². The van der Waals surface area contributed by atoms with Crippen molar-refractivity contribution in [2.24, 2.45) is 0 Å². The molecule has 0 N–H and O–H groups in total. The van der Waals surface area contributed by atoms with Crippen LogP contribution in [0.2, 0.25) is 0 Å². The van der Waals surface area contributed by atoms with E-state index in [1.807, 2.05) is 12.1 Å². The first kappa shape index (κ1) is 37.6. The summed E-state index contributed by atoms with van der Waals surface area (Å²) in [6.07, 6.45) is 0. The lowest BCUT2D eigenvalue weighted by Gasteiger charge is -2.07. The number of benzene rings is 6. The Labute approximate surface area is 349 Å². The third-order valence-electron chi connectivity index (χ3n) is 7.48. The van der Waals surface area contributed by atoms with Crippen molar-refractivity contribution < 1.29 is 8.83 Å². The first-order valence-electron chi connectivity index (χ1n) is 16.8. The Morgan fingerprint density at radius 1 is 0.222 bits per heavy atom. The van der Waals surface area contributed by atoms with Crippen LogP contribution in [0.15, 0.2) is 260 Å². The Balaban J connectivity index is 1.21. The summed E-state index contributed by atoms with van der Waals surface area (Å²) in [7, 11) is 3.22. The SMILES string of the molecule is c1ccc(Sc2oc(SSc3oc(Sc4ccccc4)c(Sc4ccccc4)c3Sc3ccccc3)c(Sc3ccccc3)c2Sc2ccccc2)cc1. The summed E-state index contributed by atoms with van der Waals surface area (Å²) in [5.74, 6) is 0. The van der Waals surface area contributed by atoms with Gasteiger partial charge in [-0.1, -0.05) is 180 Å². The second-order valence-electron chi connectivity index (χ2n) is 11.3. The van der Waals surface area contributed by atoms with Gasteiger partial charge in [-0.25, -0.2) is 0 Å². The van der Waals surface area contributed by atoms with E-state index in [0.29, 0.717) is 0 Å². The minimum absolute atomic E-state index is 0.840. The number of rotatable bonds is 15. The fourth-order valence-electron chi connectivity index (χ4n) is 5.01. The maximum atomic E-state index is 6.91. The van der Waals surface area contributed by atoms with E-state index in [4.69, 9.17) is 8.83 Å². The van der Waals surface area contributed by atoms with Gasteiger partial charge in [0.1, 0.15) is 0 Å². The number of hydrogen-bond donors (Lipinski definition) is 0. The van der Waals surface area contributed by atoms with Crippen molar-refractivity contribution in [3.8, 4) is 0 Å². The molecule has 2 heterocycles. The van der Waals surface area contributed by atoms with Gasteiger partial charge < -0.3 is 8.83 Å². The predicted octanol–water partition coefficient (Wildman–Crippen LogP) is 16.6. The van der Waals surface area contributed by atoms with E-state index in [1.54, 1.807) is 92.2 Å². The highest BCUT2D eigenvalue weighted by Gasteiger charge is 2.28. The molecule has 0 atom stereocenters. The average molecular weight is 847 g/mol. The third-order valence-corrected chi connectivity index (χ3v) is 16.7. The molecule has 2 aromatic heterocycles. The van der Waals surface area contributed by atoms with Crippen molar-refractivity contribution in [3.63, 3.8) is 0 Å². The van der Waals surface area contributed by atoms with E-state index < -0.39 is 0 Å². The number of hydrogen-bond acceptors (Lipinski definition) is 10. The van der Waals surface area contributed by atoms with Crippen LogP contribution in [0.4, 0.5) is 0 Å². The standard InChI is InChI=1S/C44H30O2S8/c1-7-19-31(20-8-1)47-37-39(49-33-23-11-3-12-24-33)43(45-41(37)51-35-27-15-5-16-28-35)53-54-44-40(50-34-25-13-4-14-26-34)38(48-32-21-9-2-10-22-32)42(46-44)52-36-29-17-6-18-30-36/h1-30H. The molecular weight excluding hydrogens is 817 g/mol. The van der Waals surface area contributed by atoms with E-state index in [0.717, 1.165) is 69.3 Å². The Hall–Kier alpha value is -3.32. The second kappa shape index (κ2) is 19.0. The maximum Gasteiger partial charge on any atom is 0.187 e. The van der Waals surface area contributed by atoms with Crippen molar-refractivity contribution in [2.45, 2.75) is 69.3 Å². The summed E-state index contributed by atoms with van der Waals surface area (Å²) in [6.45, 7) is 0. The quantitative estimate of drug-likeness (QED) is 0.0928. The lowest BCUT2D eigenvalue weighted by molar-refractivity contribution is 0.382. The van der Waals surface area contributed by atoms with Crippen LogP contribution in [0.5, 0.6) is 0 Å². The van der Waals surface area contributed by atoms with Crippen molar-refractivity contribution in [1.29, 1.82) is 0 Å². The highest BCUT2D eigenvalue weighted by Crippen LogP contribution is 2.58. The minimum Gasteiger partial charge on any atom is -0.440 e. The summed E-state index contributed by atoms with van der Waals surface area (Å²) in [5.41, 5.74) is 0. The first-order chi connectivity index (χ1) is 26.7. The lowest BCUT2D eigenvalue weighted by Crippen LogP contribution is -1.80. The molecule has 2 nitrogen and oxygen atoms in total. The molecule has 0 aliphatic rings. The molecule has 0 unspecified atom stereocenters. The van der Waals surface area contributed by atoms with Crippen LogP contribution in [0, 0.1) is 0 Å². The Kier molecular flexibility index (Phi) is 13.2. The van der Waals surface area contributed by atoms with Gasteiger partial charge in [-0.3, -0.25) is 0 Å². The normalized spacial score (nSPS) is 11.2. The molecule has 0 saturated carbocycles. The van der Waals surface area contributed by atoms with Gasteiger partial charge in [-0.05, 0) is 94.4 Å². The number of furan rings is 2. The average Bonchev–Trinajstić information content (AvgIpc) is 3.70. The molecule has 266 valence electrons. The zero-order valence-electron chi connectivity index (χ0n) is 28.4. The first-order valence-corrected chi connectivity index (χ1v) is 23.9. The molecule has 8 aromatic rings. The molecule has 0 radical (unpaired) electrons. The van der Waals surface area contributed by atoms with E-state index in [9.17, 15) is 0 Å². The highest BCUT2D eigenvalue weighted by molar-refractivity contribution is 8.76. The van der Waals surface area contributed by atoms with Gasteiger partial charge in [0.2, 0.25) is 0 Å². The van der Waals surface area contributed by atoms with E-state index in [2.05, 4.69) is 170 Å². The molecule has 0 aliphatic carbocycles. The largest absolute Gasteiger partial charge is 0.440 e. The van der Waals surface area contributed by atoms with Crippen LogP contribution in [0.3, 0.4) is 0 Å². The van der Waals surface area contributed by atoms with Crippen molar-refractivity contribution in [1.82, 2.24) is 0 Å². The zero-order valence-corrected chi connectivity index (χ0v) is 34.9. The van der Waals surface area contributed by atoms with Crippen molar-refractivity contribution in [3.05, 3.63) is 182 Å². The van der Waals surface area contributed by atoms with Gasteiger partial charge in [0.25, 0.3) is 0 Å². The highest BCUT2D eigenvalue weighted by atomic mass is 33.1. The van der Waals surface area contributed by atoms with E-state index in [1.165, 1.54) is 0 Å². The van der Waals surface area contributed by atoms with Gasteiger partial charge >= 0.3 is 0 Å². The summed E-state index contributed by atoms with van der Waals surface area (Å²) in [6, 6.07) is 63.0. The molecule has 0 aliphatic heterocycles. The van der Waals surface area contributed by atoms with Gasteiger partial charge in [0.05, 0.1) is 19.6 Å². The van der Waals surface area contributed by atoms with Gasteiger partial charge in [-0.15, -0.1) is 0 Å². The topological polar surface area (TPSA) is 26.3 Å². The Morgan fingerprint density at radius 3 is 0.667 bits per heavy atom. The summed E-state index contributed by atoms with van der Waals surface area (Å²) < 4.78 is 13.8. The molecule has 8 rings (SSSR count). The third kappa shape index (κ3) is 9.91. The summed E-state index contributed by atoms with van der Waals surface area (Å²) >= 11 is 10.3. The second-order valence-corrected chi connectivity index (χ2v) is 19.8. The monoisotopic (exact) mass is 846 g/mol. The Bertz CT molecular complexity index is 2200. The fraction of sp³-hybridized carbons (Fsp3) is 0. The van der Waals surface area contributed by atoms with Crippen LogP contribution in [-0.2, 0) is 0 Å². The molecule has 0 amide bonds. The summed E-state index contributed by atoms with van der Waals surface area (Å²) in [4.78, 5) is 11.3. The van der Waals surface area contributed by atoms with Gasteiger partial charge in [-0.2, -0.15) is 0 Å². The molecule has 6 aromatic carbocycles. The predicted molar refractivity (Wildman–Crippen MR) is 233 cm³/mol. The molecule has 0 bridgehead atoms. The molecule has 54 heavy (non-hydrogen) atoms. The van der Waals surface area contributed by atoms with Crippen molar-refractivity contribution in [2.75, 3.05) is 0 Å². The molecule has 10 heteroatoms. The molecular formula is C44H30O2S8. The van der Waals surface area contributed by atoms with Crippen LogP contribution in [0.1, 0.15) is 0 Å². The van der Waals surface area contributed by atoms with Gasteiger partial charge in [0, 0.05) is 29.4 Å². The molecule has 0 spiro atoms. The van der Waals surface area contributed by atoms with Crippen LogP contribution in [0.25, 0.3) is 0 Å². The smallest absolute Gasteiger partial charge is 0.187 e. The lowest BCUT2D eigenvalue weighted by atomic mass is 10.4. The minimum atomic E-state index is 0.840. The molecule has 0 fully saturated rings. The maximum absolute atomic E-state index is 6.91. The summed E-state index contributed by atoms with van der Waals surface area (Å²) in [5, 5.41) is 3.42. The van der Waals surface area contributed by atoms with E-state index in [-0.39, 0.29) is 0 Å². The molecule has 0 saturated heterocycles. The van der Waals surface area contributed by atoms with E-state index >= 15 is 0 Å². The Morgan fingerprint density at radius 2 is 0.426 bits per heavy atom.